The minimum Gasteiger partial charge on any atom is -0.399 e. The van der Waals surface area contributed by atoms with E-state index in [2.05, 4.69) is 0 Å². The molecule has 1 saturated heterocycles. The molecule has 7 nitrogen and oxygen atoms in total. The number of carbonyl (C=O) groups is 3. The predicted octanol–water partition coefficient (Wildman–Crippen LogP) is 1.64. The molecular weight excluding hydrogens is 363 g/mol. The molecule has 2 N–H and O–H groups in total. The van der Waals surface area contributed by atoms with E-state index in [1.165, 1.54) is 30.0 Å². The molecule has 28 heavy (non-hydrogen) atoms. The lowest BCUT2D eigenvalue weighted by Gasteiger charge is -2.36. The summed E-state index contributed by atoms with van der Waals surface area (Å²) in [5.41, 5.74) is 7.22. The highest BCUT2D eigenvalue weighted by atomic mass is 19.1. The molecule has 8 heteroatoms. The summed E-state index contributed by atoms with van der Waals surface area (Å²) in [6, 6.07) is 12.4. The molecule has 3 amide bonds. The van der Waals surface area contributed by atoms with Gasteiger partial charge in [0.05, 0.1) is 5.69 Å². The average molecular weight is 384 g/mol. The number of imide groups is 1. The lowest BCUT2D eigenvalue weighted by atomic mass is 10.2. The summed E-state index contributed by atoms with van der Waals surface area (Å²) in [7, 11) is 0. The smallest absolute Gasteiger partial charge is 0.323 e. The van der Waals surface area contributed by atoms with Gasteiger partial charge in [-0.3, -0.25) is 14.4 Å². The third-order valence-corrected chi connectivity index (χ3v) is 4.59. The van der Waals surface area contributed by atoms with Crippen molar-refractivity contribution in [3.8, 4) is 0 Å². The number of nitrogens with two attached hydrogens (primary N) is 1. The van der Waals surface area contributed by atoms with Gasteiger partial charge < -0.3 is 15.5 Å². The second-order valence-electron chi connectivity index (χ2n) is 6.51. The van der Waals surface area contributed by atoms with Gasteiger partial charge in [-0.2, -0.15) is 0 Å². The maximum absolute atomic E-state index is 13.1. The molecular formula is C20H21FN4O3. The number of halogens is 1. The normalized spacial score (nSPS) is 13.9. The van der Waals surface area contributed by atoms with Gasteiger partial charge >= 0.3 is 11.8 Å². The Hall–Kier alpha value is -3.42. The number of nitrogen functional groups attached to an aromatic ring is 1. The number of hydrogen-bond donors (Lipinski definition) is 1. The van der Waals surface area contributed by atoms with Gasteiger partial charge in [0.15, 0.2) is 0 Å². The molecule has 0 aromatic heterocycles. The topological polar surface area (TPSA) is 87.0 Å². The largest absolute Gasteiger partial charge is 0.399 e. The summed E-state index contributed by atoms with van der Waals surface area (Å²) in [6.45, 7) is 2.88. The van der Waals surface area contributed by atoms with E-state index in [-0.39, 0.29) is 11.5 Å². The van der Waals surface area contributed by atoms with Gasteiger partial charge in [-0.25, -0.2) is 9.29 Å². The van der Waals surface area contributed by atoms with Crippen LogP contribution in [0, 0.1) is 5.82 Å². The molecule has 2 aromatic carbocycles. The third kappa shape index (κ3) is 4.11. The van der Waals surface area contributed by atoms with Gasteiger partial charge in [-0.05, 0) is 42.5 Å². The molecule has 0 aliphatic carbocycles. The maximum Gasteiger partial charge on any atom is 0.323 e. The summed E-state index contributed by atoms with van der Waals surface area (Å²) in [6.07, 6.45) is 0. The monoisotopic (exact) mass is 384 g/mol. The Morgan fingerprint density at radius 3 is 2.21 bits per heavy atom. The number of nitrogens with zero attached hydrogens (tertiary/aromatic N) is 3. The molecule has 0 atom stereocenters. The quantitative estimate of drug-likeness (QED) is 0.628. The zero-order chi connectivity index (χ0) is 20.3. The van der Waals surface area contributed by atoms with Crippen LogP contribution in [0.25, 0.3) is 0 Å². The van der Waals surface area contributed by atoms with E-state index in [0.717, 1.165) is 10.6 Å². The van der Waals surface area contributed by atoms with Crippen LogP contribution in [-0.4, -0.2) is 48.8 Å². The second kappa shape index (κ2) is 8.08. The van der Waals surface area contributed by atoms with E-state index in [1.54, 1.807) is 30.3 Å². The van der Waals surface area contributed by atoms with Crippen molar-refractivity contribution in [2.45, 2.75) is 6.92 Å². The SMILES string of the molecule is CC(=O)N(C(=O)C(=O)N1CCN(c2ccc(F)cc2)CC1)c1cccc(N)c1. The van der Waals surface area contributed by atoms with Crippen molar-refractivity contribution in [3.05, 3.63) is 54.3 Å². The molecule has 0 bridgehead atoms. The molecule has 2 aromatic rings. The molecule has 0 saturated carbocycles. The zero-order valence-electron chi connectivity index (χ0n) is 15.5. The number of rotatable bonds is 2. The van der Waals surface area contributed by atoms with Crippen molar-refractivity contribution >= 4 is 34.8 Å². The highest BCUT2D eigenvalue weighted by Crippen LogP contribution is 2.20. The van der Waals surface area contributed by atoms with Crippen molar-refractivity contribution in [1.82, 2.24) is 4.90 Å². The van der Waals surface area contributed by atoms with E-state index in [1.807, 2.05) is 4.90 Å². The van der Waals surface area contributed by atoms with Crippen LogP contribution in [0.15, 0.2) is 48.5 Å². The first-order valence-corrected chi connectivity index (χ1v) is 8.87. The number of piperazine rings is 1. The van der Waals surface area contributed by atoms with Crippen LogP contribution in [0.3, 0.4) is 0 Å². The molecule has 1 aliphatic heterocycles. The fraction of sp³-hybridized carbons (Fsp3) is 0.250. The lowest BCUT2D eigenvalue weighted by Crippen LogP contribution is -2.54. The summed E-state index contributed by atoms with van der Waals surface area (Å²) in [4.78, 5) is 41.6. The highest BCUT2D eigenvalue weighted by molar-refractivity contribution is 6.45. The van der Waals surface area contributed by atoms with Crippen LogP contribution in [0.5, 0.6) is 0 Å². The van der Waals surface area contributed by atoms with E-state index in [9.17, 15) is 18.8 Å². The first-order chi connectivity index (χ1) is 13.4. The Labute approximate surface area is 162 Å². The predicted molar refractivity (Wildman–Crippen MR) is 104 cm³/mol. The zero-order valence-corrected chi connectivity index (χ0v) is 15.5. The number of carbonyl (C=O) groups excluding carboxylic acids is 3. The average Bonchev–Trinajstić information content (AvgIpc) is 2.68. The Kier molecular flexibility index (Phi) is 5.58. The molecule has 0 spiro atoms. The van der Waals surface area contributed by atoms with E-state index < -0.39 is 17.7 Å². The van der Waals surface area contributed by atoms with Crippen molar-refractivity contribution in [2.24, 2.45) is 0 Å². The first kappa shape index (κ1) is 19.3. The van der Waals surface area contributed by atoms with Gasteiger partial charge in [0.2, 0.25) is 5.91 Å². The van der Waals surface area contributed by atoms with Crippen LogP contribution < -0.4 is 15.5 Å². The molecule has 146 valence electrons. The fourth-order valence-corrected chi connectivity index (χ4v) is 3.16. The second-order valence-corrected chi connectivity index (χ2v) is 6.51. The van der Waals surface area contributed by atoms with Crippen molar-refractivity contribution in [1.29, 1.82) is 0 Å². The Balaban J connectivity index is 1.68. The van der Waals surface area contributed by atoms with Crippen LogP contribution in [0.4, 0.5) is 21.5 Å². The van der Waals surface area contributed by atoms with Gasteiger partial charge in [0.25, 0.3) is 0 Å². The summed E-state index contributed by atoms with van der Waals surface area (Å²) in [5.74, 6) is -2.52. The van der Waals surface area contributed by atoms with Gasteiger partial charge in [-0.1, -0.05) is 6.07 Å². The first-order valence-electron chi connectivity index (χ1n) is 8.87. The van der Waals surface area contributed by atoms with Crippen LogP contribution in [-0.2, 0) is 14.4 Å². The standard InChI is InChI=1S/C20H21FN4O3/c1-14(26)25(18-4-2-3-16(22)13-18)20(28)19(27)24-11-9-23(10-12-24)17-7-5-15(21)6-8-17/h2-8,13H,9-12,22H2,1H3. The van der Waals surface area contributed by atoms with Crippen molar-refractivity contribution in [2.75, 3.05) is 41.7 Å². The molecule has 1 heterocycles. The minimum atomic E-state index is -0.909. The van der Waals surface area contributed by atoms with Crippen molar-refractivity contribution in [3.63, 3.8) is 0 Å². The highest BCUT2D eigenvalue weighted by Gasteiger charge is 2.32. The number of amides is 3. The fourth-order valence-electron chi connectivity index (χ4n) is 3.16. The third-order valence-electron chi connectivity index (χ3n) is 4.59. The minimum absolute atomic E-state index is 0.260. The number of benzene rings is 2. The summed E-state index contributed by atoms with van der Waals surface area (Å²) in [5, 5.41) is 0. The van der Waals surface area contributed by atoms with E-state index >= 15 is 0 Å². The van der Waals surface area contributed by atoms with Gasteiger partial charge in [0, 0.05) is 44.5 Å². The van der Waals surface area contributed by atoms with Crippen LogP contribution in [0.1, 0.15) is 6.92 Å². The van der Waals surface area contributed by atoms with E-state index in [0.29, 0.717) is 31.9 Å². The Morgan fingerprint density at radius 1 is 1.00 bits per heavy atom. The molecule has 1 aliphatic rings. The summed E-state index contributed by atoms with van der Waals surface area (Å²) < 4.78 is 13.1. The van der Waals surface area contributed by atoms with Gasteiger partial charge in [-0.15, -0.1) is 0 Å². The summed E-state index contributed by atoms with van der Waals surface area (Å²) >= 11 is 0. The number of anilines is 3. The van der Waals surface area contributed by atoms with Crippen LogP contribution >= 0.6 is 0 Å². The lowest BCUT2D eigenvalue weighted by molar-refractivity contribution is -0.145. The molecule has 0 radical (unpaired) electrons. The molecule has 3 rings (SSSR count). The van der Waals surface area contributed by atoms with E-state index in [4.69, 9.17) is 5.73 Å². The molecule has 0 unspecified atom stereocenters. The van der Waals surface area contributed by atoms with Crippen molar-refractivity contribution < 1.29 is 18.8 Å². The van der Waals surface area contributed by atoms with Crippen LogP contribution in [0.2, 0.25) is 0 Å². The Bertz CT molecular complexity index is 893. The number of hydrogen-bond acceptors (Lipinski definition) is 5. The molecule has 1 fully saturated rings. The Morgan fingerprint density at radius 2 is 1.64 bits per heavy atom. The maximum atomic E-state index is 13.1. The van der Waals surface area contributed by atoms with Gasteiger partial charge in [0.1, 0.15) is 5.82 Å².